The fraction of sp³-hybridized carbons (Fsp3) is 0.429. The highest BCUT2D eigenvalue weighted by atomic mass is 19.1. The van der Waals surface area contributed by atoms with E-state index < -0.39 is 6.04 Å². The van der Waals surface area contributed by atoms with Gasteiger partial charge in [-0.15, -0.1) is 5.10 Å². The van der Waals surface area contributed by atoms with Gasteiger partial charge in [-0.1, -0.05) is 38.0 Å². The molecule has 0 spiro atoms. The first-order valence-corrected chi connectivity index (χ1v) is 13.3. The molecule has 0 unspecified atom stereocenters. The number of hydrogen-bond donors (Lipinski definition) is 1. The number of aromatic nitrogens is 5. The molecule has 2 aromatic carbocycles. The van der Waals surface area contributed by atoms with Crippen molar-refractivity contribution in [1.82, 2.24) is 30.1 Å². The molecule has 0 radical (unpaired) electrons. The normalized spacial score (nSPS) is 18.1. The molecule has 1 aliphatic carbocycles. The summed E-state index contributed by atoms with van der Waals surface area (Å²) in [6.07, 6.45) is 5.32. The average Bonchev–Trinajstić information content (AvgIpc) is 3.62. The van der Waals surface area contributed by atoms with Crippen LogP contribution in [-0.4, -0.2) is 56.3 Å². The van der Waals surface area contributed by atoms with Gasteiger partial charge in [-0.05, 0) is 71.0 Å². The highest BCUT2D eigenvalue weighted by Crippen LogP contribution is 2.34. The van der Waals surface area contributed by atoms with E-state index in [1.165, 1.54) is 11.6 Å². The Labute approximate surface area is 215 Å². The molecule has 3 heterocycles. The van der Waals surface area contributed by atoms with Gasteiger partial charge in [-0.2, -0.15) is 0 Å². The van der Waals surface area contributed by atoms with Gasteiger partial charge in [0, 0.05) is 37.3 Å². The first kappa shape index (κ1) is 23.8. The van der Waals surface area contributed by atoms with E-state index in [1.54, 1.807) is 6.07 Å². The molecule has 6 rings (SSSR count). The van der Waals surface area contributed by atoms with Gasteiger partial charge in [0.25, 0.3) is 5.56 Å². The molecular formula is C28H32FN7O. The zero-order valence-corrected chi connectivity index (χ0v) is 21.1. The van der Waals surface area contributed by atoms with Gasteiger partial charge < -0.3 is 9.88 Å². The van der Waals surface area contributed by atoms with Crippen LogP contribution in [0, 0.1) is 5.82 Å². The predicted molar refractivity (Wildman–Crippen MR) is 141 cm³/mol. The van der Waals surface area contributed by atoms with Crippen molar-refractivity contribution in [1.29, 1.82) is 0 Å². The quantitative estimate of drug-likeness (QED) is 0.426. The molecule has 1 aliphatic heterocycles. The summed E-state index contributed by atoms with van der Waals surface area (Å²) >= 11 is 0. The number of nitrogens with one attached hydrogen (secondary N) is 1. The minimum absolute atomic E-state index is 0.126. The lowest BCUT2D eigenvalue weighted by Crippen LogP contribution is -2.49. The number of anilines is 1. The van der Waals surface area contributed by atoms with E-state index in [1.807, 2.05) is 28.9 Å². The Bertz CT molecular complexity index is 1450. The Morgan fingerprint density at radius 1 is 1.05 bits per heavy atom. The maximum Gasteiger partial charge on any atom is 0.253 e. The van der Waals surface area contributed by atoms with Crippen molar-refractivity contribution in [3.05, 3.63) is 81.7 Å². The molecule has 8 nitrogen and oxygen atoms in total. The van der Waals surface area contributed by atoms with Gasteiger partial charge in [0.05, 0.1) is 11.7 Å². The van der Waals surface area contributed by atoms with Crippen molar-refractivity contribution in [2.45, 2.75) is 51.1 Å². The summed E-state index contributed by atoms with van der Waals surface area (Å²) in [5.41, 5.74) is 3.18. The summed E-state index contributed by atoms with van der Waals surface area (Å²) in [7, 11) is 0. The summed E-state index contributed by atoms with van der Waals surface area (Å²) in [6.45, 7) is 4.73. The number of nitrogens with zero attached hydrogens (tertiary/aromatic N) is 6. The van der Waals surface area contributed by atoms with Crippen molar-refractivity contribution >= 4 is 16.6 Å². The third-order valence-corrected chi connectivity index (χ3v) is 7.95. The molecule has 0 bridgehead atoms. The van der Waals surface area contributed by atoms with Gasteiger partial charge in [-0.25, -0.2) is 9.07 Å². The van der Waals surface area contributed by atoms with Crippen LogP contribution in [0.1, 0.15) is 61.6 Å². The molecule has 2 aliphatic rings. The highest BCUT2D eigenvalue weighted by Gasteiger charge is 2.35. The maximum absolute atomic E-state index is 14.5. The molecule has 1 saturated carbocycles. The molecule has 2 aromatic heterocycles. The molecular weight excluding hydrogens is 469 g/mol. The number of halogens is 1. The molecule has 192 valence electrons. The monoisotopic (exact) mass is 501 g/mol. The van der Waals surface area contributed by atoms with Crippen molar-refractivity contribution in [3.8, 4) is 0 Å². The summed E-state index contributed by atoms with van der Waals surface area (Å²) in [5, 5.41) is 14.0. The lowest BCUT2D eigenvalue weighted by Gasteiger charge is -2.39. The van der Waals surface area contributed by atoms with Crippen LogP contribution in [0.15, 0.2) is 53.3 Å². The molecule has 1 atom stereocenters. The molecule has 0 amide bonds. The van der Waals surface area contributed by atoms with Gasteiger partial charge in [0.1, 0.15) is 11.9 Å². The minimum Gasteiger partial charge on any atom is -0.367 e. The van der Waals surface area contributed by atoms with Gasteiger partial charge in [-0.3, -0.25) is 9.69 Å². The summed E-state index contributed by atoms with van der Waals surface area (Å²) in [4.78, 5) is 21.0. The zero-order valence-electron chi connectivity index (χ0n) is 21.1. The predicted octanol–water partition coefficient (Wildman–Crippen LogP) is 4.24. The van der Waals surface area contributed by atoms with Crippen LogP contribution in [-0.2, 0) is 6.42 Å². The smallest absolute Gasteiger partial charge is 0.253 e. The number of pyridine rings is 1. The SMILES string of the molecule is CCc1ccc2[nH]c(=O)c([C@@H](c3nnnn3C3CCCC3)N3CCN(c4ccccc4F)CC3)cc2c1. The lowest BCUT2D eigenvalue weighted by molar-refractivity contribution is 0.196. The Morgan fingerprint density at radius 3 is 2.59 bits per heavy atom. The highest BCUT2D eigenvalue weighted by molar-refractivity contribution is 5.80. The maximum atomic E-state index is 14.5. The Kier molecular flexibility index (Phi) is 6.46. The van der Waals surface area contributed by atoms with Gasteiger partial charge in [0.15, 0.2) is 5.82 Å². The Balaban J connectivity index is 1.40. The Hall–Kier alpha value is -3.59. The van der Waals surface area contributed by atoms with Crippen molar-refractivity contribution in [2.75, 3.05) is 31.1 Å². The minimum atomic E-state index is -0.392. The second-order valence-corrected chi connectivity index (χ2v) is 10.1. The van der Waals surface area contributed by atoms with Crippen LogP contribution in [0.2, 0.25) is 0 Å². The van der Waals surface area contributed by atoms with Crippen LogP contribution < -0.4 is 10.5 Å². The van der Waals surface area contributed by atoms with Crippen molar-refractivity contribution < 1.29 is 4.39 Å². The molecule has 1 N–H and O–H groups in total. The number of para-hydroxylation sites is 1. The fourth-order valence-corrected chi connectivity index (χ4v) is 5.91. The molecule has 2 fully saturated rings. The van der Waals surface area contributed by atoms with E-state index in [9.17, 15) is 9.18 Å². The number of fused-ring (bicyclic) bond motifs is 1. The number of hydrogen-bond acceptors (Lipinski definition) is 6. The summed E-state index contributed by atoms with van der Waals surface area (Å²) in [5.74, 6) is 0.498. The van der Waals surface area contributed by atoms with E-state index in [0.29, 0.717) is 43.3 Å². The number of aromatic amines is 1. The van der Waals surface area contributed by atoms with Gasteiger partial charge >= 0.3 is 0 Å². The molecule has 1 saturated heterocycles. The number of benzene rings is 2. The number of tetrazole rings is 1. The van der Waals surface area contributed by atoms with Crippen LogP contribution in [0.3, 0.4) is 0 Å². The summed E-state index contributed by atoms with van der Waals surface area (Å²) < 4.78 is 16.4. The molecule has 4 aromatic rings. The van der Waals surface area contributed by atoms with E-state index in [0.717, 1.165) is 43.0 Å². The first-order chi connectivity index (χ1) is 18.1. The largest absolute Gasteiger partial charge is 0.367 e. The van der Waals surface area contributed by atoms with Crippen LogP contribution in [0.4, 0.5) is 10.1 Å². The first-order valence-electron chi connectivity index (χ1n) is 13.3. The number of piperazine rings is 1. The number of H-pyrrole nitrogens is 1. The molecule has 37 heavy (non-hydrogen) atoms. The van der Waals surface area contributed by atoms with Crippen molar-refractivity contribution in [2.24, 2.45) is 0 Å². The van der Waals surface area contributed by atoms with Crippen LogP contribution in [0.25, 0.3) is 10.9 Å². The van der Waals surface area contributed by atoms with Gasteiger partial charge in [0.2, 0.25) is 0 Å². The van der Waals surface area contributed by atoms with Crippen molar-refractivity contribution in [3.63, 3.8) is 0 Å². The summed E-state index contributed by atoms with van der Waals surface area (Å²) in [6, 6.07) is 14.9. The average molecular weight is 502 g/mol. The lowest BCUT2D eigenvalue weighted by atomic mass is 10.0. The van der Waals surface area contributed by atoms with E-state index in [4.69, 9.17) is 0 Å². The second kappa shape index (κ2) is 10.0. The van der Waals surface area contributed by atoms with E-state index >= 15 is 0 Å². The third-order valence-electron chi connectivity index (χ3n) is 7.95. The fourth-order valence-electron chi connectivity index (χ4n) is 5.91. The van der Waals surface area contributed by atoms with E-state index in [-0.39, 0.29) is 17.4 Å². The van der Waals surface area contributed by atoms with Crippen LogP contribution in [0.5, 0.6) is 0 Å². The number of rotatable bonds is 6. The van der Waals surface area contributed by atoms with E-state index in [2.05, 4.69) is 49.4 Å². The molecule has 9 heteroatoms. The Morgan fingerprint density at radius 2 is 1.84 bits per heavy atom. The number of aryl methyl sites for hydroxylation is 1. The standard InChI is InChI=1S/C28H32FN7O/c1-2-19-11-12-24-20(17-19)18-22(28(37)30-24)26(27-31-32-33-36(27)21-7-3-4-8-21)35-15-13-34(14-16-35)25-10-6-5-9-23(25)29/h5-6,9-12,17-18,21,26H,2-4,7-8,13-16H2,1H3,(H,30,37)/t26-/m0/s1. The zero-order chi connectivity index (χ0) is 25.4. The topological polar surface area (TPSA) is 82.9 Å². The van der Waals surface area contributed by atoms with Crippen LogP contribution >= 0.6 is 0 Å². The third kappa shape index (κ3) is 4.52. The second-order valence-electron chi connectivity index (χ2n) is 10.1.